The van der Waals surface area contributed by atoms with Gasteiger partial charge >= 0.3 is 0 Å². The van der Waals surface area contributed by atoms with Crippen molar-refractivity contribution < 1.29 is 5.11 Å². The van der Waals surface area contributed by atoms with Crippen LogP contribution in [0.5, 0.6) is 0 Å². The first-order valence-electron chi connectivity index (χ1n) is 5.09. The van der Waals surface area contributed by atoms with Crippen LogP contribution in [0.2, 0.25) is 0 Å². The van der Waals surface area contributed by atoms with E-state index in [1.807, 2.05) is 34.9 Å². The van der Waals surface area contributed by atoms with E-state index < -0.39 is 0 Å². The Morgan fingerprint density at radius 2 is 2.06 bits per heavy atom. The molecule has 1 aromatic carbocycles. The van der Waals surface area contributed by atoms with E-state index in [4.69, 9.17) is 11.6 Å². The number of imidazole rings is 1. The van der Waals surface area contributed by atoms with Crippen molar-refractivity contribution in [3.8, 4) is 0 Å². The van der Waals surface area contributed by atoms with Gasteiger partial charge in [0.15, 0.2) is 0 Å². The van der Waals surface area contributed by atoms with Crippen molar-refractivity contribution in [3.05, 3.63) is 54.1 Å². The molecule has 0 amide bonds. The van der Waals surface area contributed by atoms with Gasteiger partial charge in [-0.05, 0) is 5.56 Å². The minimum absolute atomic E-state index is 0.0208. The van der Waals surface area contributed by atoms with Gasteiger partial charge < -0.3 is 9.67 Å². The number of hydrogen-bond donors (Lipinski definition) is 1. The summed E-state index contributed by atoms with van der Waals surface area (Å²) in [5.41, 5.74) is 1.89. The maximum Gasteiger partial charge on any atom is 0.0955 e. The molecule has 0 fully saturated rings. The van der Waals surface area contributed by atoms with Crippen LogP contribution in [0.15, 0.2) is 42.9 Å². The van der Waals surface area contributed by atoms with Gasteiger partial charge in [-0.25, -0.2) is 4.98 Å². The number of rotatable bonds is 4. The molecule has 1 aromatic heterocycles. The van der Waals surface area contributed by atoms with Crippen LogP contribution in [0.1, 0.15) is 17.3 Å². The van der Waals surface area contributed by atoms with Crippen molar-refractivity contribution in [3.63, 3.8) is 0 Å². The SMILES string of the molecule is OCc1cncn1[C@@H](CCl)c1ccccc1. The van der Waals surface area contributed by atoms with Crippen molar-refractivity contribution in [1.82, 2.24) is 9.55 Å². The van der Waals surface area contributed by atoms with Gasteiger partial charge in [0.05, 0.1) is 30.9 Å². The summed E-state index contributed by atoms with van der Waals surface area (Å²) in [5.74, 6) is 0.452. The average molecular weight is 237 g/mol. The van der Waals surface area contributed by atoms with Crippen molar-refractivity contribution in [1.29, 1.82) is 0 Å². The Balaban J connectivity index is 2.37. The summed E-state index contributed by atoms with van der Waals surface area (Å²) in [6, 6.07) is 9.99. The number of hydrogen-bond acceptors (Lipinski definition) is 2. The maximum atomic E-state index is 9.19. The molecule has 0 aliphatic rings. The summed E-state index contributed by atoms with van der Waals surface area (Å²) in [4.78, 5) is 4.03. The third-order valence-electron chi connectivity index (χ3n) is 2.57. The molecule has 1 heterocycles. The number of halogens is 1. The molecule has 1 N–H and O–H groups in total. The molecule has 84 valence electrons. The first-order chi connectivity index (χ1) is 7.86. The second kappa shape index (κ2) is 5.14. The van der Waals surface area contributed by atoms with E-state index in [9.17, 15) is 5.11 Å². The predicted molar refractivity (Wildman–Crippen MR) is 63.5 cm³/mol. The summed E-state index contributed by atoms with van der Waals surface area (Å²) in [6.45, 7) is -0.0276. The topological polar surface area (TPSA) is 38.1 Å². The predicted octanol–water partition coefficient (Wildman–Crippen LogP) is 2.20. The Morgan fingerprint density at radius 3 is 2.69 bits per heavy atom. The molecule has 0 bridgehead atoms. The molecule has 1 atom stereocenters. The Morgan fingerprint density at radius 1 is 1.31 bits per heavy atom. The van der Waals surface area contributed by atoms with Crippen LogP contribution in [0.3, 0.4) is 0 Å². The fourth-order valence-electron chi connectivity index (χ4n) is 1.73. The lowest BCUT2D eigenvalue weighted by Gasteiger charge is -2.18. The van der Waals surface area contributed by atoms with Gasteiger partial charge in [0.2, 0.25) is 0 Å². The lowest BCUT2D eigenvalue weighted by Crippen LogP contribution is -2.14. The van der Waals surface area contributed by atoms with Crippen molar-refractivity contribution >= 4 is 11.6 Å². The molecule has 3 nitrogen and oxygen atoms in total. The molecular weight excluding hydrogens is 224 g/mol. The Bertz CT molecular complexity index is 441. The van der Waals surface area contributed by atoms with E-state index in [0.717, 1.165) is 11.3 Å². The van der Waals surface area contributed by atoms with Crippen LogP contribution >= 0.6 is 11.6 Å². The third-order valence-corrected chi connectivity index (χ3v) is 2.87. The average Bonchev–Trinajstić information content (AvgIpc) is 2.80. The molecule has 0 radical (unpaired) electrons. The molecule has 0 spiro atoms. The summed E-state index contributed by atoms with van der Waals surface area (Å²) >= 11 is 5.99. The van der Waals surface area contributed by atoms with E-state index in [0.29, 0.717) is 5.88 Å². The van der Waals surface area contributed by atoms with Crippen molar-refractivity contribution in [2.45, 2.75) is 12.6 Å². The van der Waals surface area contributed by atoms with Gasteiger partial charge in [0, 0.05) is 5.88 Å². The Labute approximate surface area is 99.3 Å². The number of aliphatic hydroxyl groups is 1. The lowest BCUT2D eigenvalue weighted by atomic mass is 10.1. The molecule has 0 saturated heterocycles. The minimum Gasteiger partial charge on any atom is -0.390 e. The summed E-state index contributed by atoms with van der Waals surface area (Å²) in [5, 5.41) is 9.19. The molecule has 0 aliphatic carbocycles. The van der Waals surface area contributed by atoms with E-state index in [1.54, 1.807) is 12.5 Å². The highest BCUT2D eigenvalue weighted by atomic mass is 35.5. The number of nitrogens with zero attached hydrogens (tertiary/aromatic N) is 2. The lowest BCUT2D eigenvalue weighted by molar-refractivity contribution is 0.269. The summed E-state index contributed by atoms with van der Waals surface area (Å²) in [6.07, 6.45) is 3.36. The van der Waals surface area contributed by atoms with Gasteiger partial charge in [-0.1, -0.05) is 30.3 Å². The van der Waals surface area contributed by atoms with Gasteiger partial charge in [-0.3, -0.25) is 0 Å². The standard InChI is InChI=1S/C12H13ClN2O/c13-6-12(10-4-2-1-3-5-10)15-9-14-7-11(15)8-16/h1-5,7,9,12,16H,6,8H2/t12-/m0/s1. The van der Waals surface area contributed by atoms with E-state index in [1.165, 1.54) is 0 Å². The van der Waals surface area contributed by atoms with Gasteiger partial charge in [0.25, 0.3) is 0 Å². The van der Waals surface area contributed by atoms with Crippen molar-refractivity contribution in [2.75, 3.05) is 5.88 Å². The van der Waals surface area contributed by atoms with Crippen LogP contribution in [0.4, 0.5) is 0 Å². The van der Waals surface area contributed by atoms with E-state index in [-0.39, 0.29) is 12.6 Å². The van der Waals surface area contributed by atoms with Crippen LogP contribution in [0.25, 0.3) is 0 Å². The minimum atomic E-state index is -0.0276. The van der Waals surface area contributed by atoms with Crippen LogP contribution in [-0.4, -0.2) is 20.5 Å². The monoisotopic (exact) mass is 236 g/mol. The fraction of sp³-hybridized carbons (Fsp3) is 0.250. The molecule has 2 rings (SSSR count). The molecule has 2 aromatic rings. The third kappa shape index (κ3) is 2.10. The Kier molecular flexibility index (Phi) is 3.59. The highest BCUT2D eigenvalue weighted by Crippen LogP contribution is 2.21. The van der Waals surface area contributed by atoms with Crippen LogP contribution in [-0.2, 0) is 6.61 Å². The van der Waals surface area contributed by atoms with Gasteiger partial charge in [-0.15, -0.1) is 11.6 Å². The number of benzene rings is 1. The number of aromatic nitrogens is 2. The molecule has 4 heteroatoms. The highest BCUT2D eigenvalue weighted by Gasteiger charge is 2.14. The van der Waals surface area contributed by atoms with Gasteiger partial charge in [-0.2, -0.15) is 0 Å². The van der Waals surface area contributed by atoms with Crippen LogP contribution < -0.4 is 0 Å². The first kappa shape index (κ1) is 11.2. The van der Waals surface area contributed by atoms with Crippen LogP contribution in [0, 0.1) is 0 Å². The Hall–Kier alpha value is -1.32. The number of aliphatic hydroxyl groups excluding tert-OH is 1. The molecular formula is C12H13ClN2O. The summed E-state index contributed by atoms with van der Waals surface area (Å²) in [7, 11) is 0. The first-order valence-corrected chi connectivity index (χ1v) is 5.62. The smallest absolute Gasteiger partial charge is 0.0955 e. The van der Waals surface area contributed by atoms with E-state index >= 15 is 0 Å². The molecule has 0 saturated carbocycles. The second-order valence-corrected chi connectivity index (χ2v) is 3.84. The normalized spacial score (nSPS) is 12.6. The van der Waals surface area contributed by atoms with Crippen molar-refractivity contribution in [2.24, 2.45) is 0 Å². The largest absolute Gasteiger partial charge is 0.390 e. The fourth-order valence-corrected chi connectivity index (χ4v) is 2.06. The zero-order valence-corrected chi connectivity index (χ0v) is 9.51. The van der Waals surface area contributed by atoms with Gasteiger partial charge in [0.1, 0.15) is 0 Å². The molecule has 0 aliphatic heterocycles. The number of alkyl halides is 1. The zero-order chi connectivity index (χ0) is 11.4. The van der Waals surface area contributed by atoms with E-state index in [2.05, 4.69) is 4.98 Å². The maximum absolute atomic E-state index is 9.19. The molecule has 16 heavy (non-hydrogen) atoms. The second-order valence-electron chi connectivity index (χ2n) is 3.53. The quantitative estimate of drug-likeness (QED) is 0.827. The highest BCUT2D eigenvalue weighted by molar-refractivity contribution is 6.18. The summed E-state index contributed by atoms with van der Waals surface area (Å²) < 4.78 is 1.91. The molecule has 0 unspecified atom stereocenters. The zero-order valence-electron chi connectivity index (χ0n) is 8.75.